The van der Waals surface area contributed by atoms with Gasteiger partial charge in [0.25, 0.3) is 0 Å². The van der Waals surface area contributed by atoms with Gasteiger partial charge in [0.2, 0.25) is 10.0 Å². The molecule has 0 unspecified atom stereocenters. The molecule has 1 fully saturated rings. The first-order chi connectivity index (χ1) is 13.4. The molecule has 2 aromatic rings. The van der Waals surface area contributed by atoms with Crippen molar-refractivity contribution in [2.75, 3.05) is 25.5 Å². The molecule has 1 aliphatic heterocycles. The number of aryl methyl sites for hydroxylation is 1. The molecule has 0 saturated carbocycles. The highest BCUT2D eigenvalue weighted by Gasteiger charge is 2.27. The molecule has 0 aromatic heterocycles. The molecule has 0 amide bonds. The predicted molar refractivity (Wildman–Crippen MR) is 115 cm³/mol. The van der Waals surface area contributed by atoms with E-state index in [1.165, 1.54) is 17.0 Å². The molecule has 28 heavy (non-hydrogen) atoms. The van der Waals surface area contributed by atoms with E-state index in [1.54, 1.807) is 18.2 Å². The van der Waals surface area contributed by atoms with Crippen LogP contribution < -0.4 is 15.4 Å². The molecule has 0 bridgehead atoms. The van der Waals surface area contributed by atoms with Gasteiger partial charge >= 0.3 is 0 Å². The van der Waals surface area contributed by atoms with Gasteiger partial charge in [0.1, 0.15) is 5.75 Å². The number of nitrogens with zero attached hydrogens (tertiary/aromatic N) is 1. The fraction of sp³-hybridized carbons (Fsp3) is 0.350. The van der Waals surface area contributed by atoms with Gasteiger partial charge in [-0.15, -0.1) is 0 Å². The highest BCUT2D eigenvalue weighted by atomic mass is 32.2. The van der Waals surface area contributed by atoms with Gasteiger partial charge in [-0.3, -0.25) is 0 Å². The molecular weight excluding hydrogens is 394 g/mol. The third kappa shape index (κ3) is 4.81. The van der Waals surface area contributed by atoms with Crippen LogP contribution in [0.3, 0.4) is 0 Å². The topological polar surface area (TPSA) is 70.7 Å². The van der Waals surface area contributed by atoms with E-state index in [-0.39, 0.29) is 4.90 Å². The van der Waals surface area contributed by atoms with E-state index < -0.39 is 10.0 Å². The summed E-state index contributed by atoms with van der Waals surface area (Å²) in [6.07, 6.45) is 1.79. The molecule has 0 spiro atoms. The van der Waals surface area contributed by atoms with Crippen LogP contribution in [-0.2, 0) is 16.6 Å². The van der Waals surface area contributed by atoms with E-state index in [1.807, 2.05) is 31.2 Å². The molecule has 0 radical (unpaired) electrons. The lowest BCUT2D eigenvalue weighted by molar-refractivity contribution is 0.416. The molecule has 0 aliphatic carbocycles. The number of sulfonamides is 1. The SMILES string of the molecule is COc1ccc(S(=O)(=O)N2CCCC2)cc1NC(=S)NCc1ccc(C)cc1. The predicted octanol–water partition coefficient (Wildman–Crippen LogP) is 3.27. The first kappa shape index (κ1) is 20.6. The summed E-state index contributed by atoms with van der Waals surface area (Å²) in [6.45, 7) is 3.74. The number of nitrogens with one attached hydrogen (secondary N) is 2. The van der Waals surface area contributed by atoms with Crippen LogP contribution in [-0.4, -0.2) is 38.0 Å². The molecule has 6 nitrogen and oxygen atoms in total. The van der Waals surface area contributed by atoms with Crippen LogP contribution in [0.1, 0.15) is 24.0 Å². The Kier molecular flexibility index (Phi) is 6.53. The van der Waals surface area contributed by atoms with Crippen molar-refractivity contribution >= 4 is 33.0 Å². The molecule has 0 atom stereocenters. The largest absolute Gasteiger partial charge is 0.495 e. The minimum absolute atomic E-state index is 0.235. The average Bonchev–Trinajstić information content (AvgIpc) is 3.23. The van der Waals surface area contributed by atoms with Crippen molar-refractivity contribution in [1.29, 1.82) is 0 Å². The Morgan fingerprint density at radius 3 is 2.46 bits per heavy atom. The van der Waals surface area contributed by atoms with Crippen molar-refractivity contribution in [3.8, 4) is 5.75 Å². The van der Waals surface area contributed by atoms with Gasteiger partial charge in [0, 0.05) is 19.6 Å². The summed E-state index contributed by atoms with van der Waals surface area (Å²) >= 11 is 5.37. The van der Waals surface area contributed by atoms with Crippen LogP contribution in [0, 0.1) is 6.92 Å². The van der Waals surface area contributed by atoms with E-state index in [0.29, 0.717) is 36.2 Å². The maximum atomic E-state index is 12.8. The number of benzene rings is 2. The van der Waals surface area contributed by atoms with Crippen LogP contribution >= 0.6 is 12.2 Å². The van der Waals surface area contributed by atoms with Crippen molar-refractivity contribution < 1.29 is 13.2 Å². The number of ether oxygens (including phenoxy) is 1. The molecule has 3 rings (SSSR count). The zero-order chi connectivity index (χ0) is 20.1. The zero-order valence-corrected chi connectivity index (χ0v) is 17.7. The first-order valence-corrected chi connectivity index (χ1v) is 11.0. The summed E-state index contributed by atoms with van der Waals surface area (Å²) < 4.78 is 32.5. The van der Waals surface area contributed by atoms with Gasteiger partial charge in [-0.2, -0.15) is 4.31 Å². The highest BCUT2D eigenvalue weighted by Crippen LogP contribution is 2.30. The molecule has 2 aromatic carbocycles. The second kappa shape index (κ2) is 8.89. The van der Waals surface area contributed by atoms with Gasteiger partial charge in [-0.1, -0.05) is 29.8 Å². The van der Waals surface area contributed by atoms with Crippen LogP contribution in [0.15, 0.2) is 47.4 Å². The zero-order valence-electron chi connectivity index (χ0n) is 16.1. The third-order valence-corrected chi connectivity index (χ3v) is 6.84. The molecule has 1 aliphatic rings. The van der Waals surface area contributed by atoms with Gasteiger partial charge in [0.15, 0.2) is 5.11 Å². The van der Waals surface area contributed by atoms with Gasteiger partial charge in [-0.05, 0) is 55.7 Å². The fourth-order valence-corrected chi connectivity index (χ4v) is 4.80. The summed E-state index contributed by atoms with van der Waals surface area (Å²) in [7, 11) is -1.97. The standard InChI is InChI=1S/C20H25N3O3S2/c1-15-5-7-16(8-6-15)14-21-20(27)22-18-13-17(9-10-19(18)26-2)28(24,25)23-11-3-4-12-23/h5-10,13H,3-4,11-12,14H2,1-2H3,(H2,21,22,27). The van der Waals surface area contributed by atoms with E-state index in [9.17, 15) is 8.42 Å². The number of rotatable bonds is 6. The second-order valence-electron chi connectivity index (χ2n) is 6.77. The van der Waals surface area contributed by atoms with Crippen molar-refractivity contribution in [1.82, 2.24) is 9.62 Å². The Bertz CT molecular complexity index is 938. The second-order valence-corrected chi connectivity index (χ2v) is 9.11. The summed E-state index contributed by atoms with van der Waals surface area (Å²) in [5.41, 5.74) is 2.82. The van der Waals surface area contributed by atoms with Gasteiger partial charge < -0.3 is 15.4 Å². The lowest BCUT2D eigenvalue weighted by Crippen LogP contribution is -2.29. The minimum atomic E-state index is -3.51. The maximum absolute atomic E-state index is 12.8. The van der Waals surface area contributed by atoms with Gasteiger partial charge in [0.05, 0.1) is 17.7 Å². The summed E-state index contributed by atoms with van der Waals surface area (Å²) in [4.78, 5) is 0.235. The van der Waals surface area contributed by atoms with Crippen LogP contribution in [0.4, 0.5) is 5.69 Å². The van der Waals surface area contributed by atoms with Crippen LogP contribution in [0.25, 0.3) is 0 Å². The number of anilines is 1. The lowest BCUT2D eigenvalue weighted by Gasteiger charge is -2.18. The number of hydrogen-bond donors (Lipinski definition) is 2. The molecule has 1 saturated heterocycles. The van der Waals surface area contributed by atoms with E-state index in [4.69, 9.17) is 17.0 Å². The maximum Gasteiger partial charge on any atom is 0.243 e. The summed E-state index contributed by atoms with van der Waals surface area (Å²) in [5.74, 6) is 0.528. The van der Waals surface area contributed by atoms with Gasteiger partial charge in [-0.25, -0.2) is 8.42 Å². The monoisotopic (exact) mass is 419 g/mol. The molecule has 1 heterocycles. The van der Waals surface area contributed by atoms with Crippen LogP contribution in [0.5, 0.6) is 5.75 Å². The first-order valence-electron chi connectivity index (χ1n) is 9.19. The lowest BCUT2D eigenvalue weighted by atomic mass is 10.1. The Hall–Kier alpha value is -2.16. The van der Waals surface area contributed by atoms with E-state index in [0.717, 1.165) is 18.4 Å². The molecule has 150 valence electrons. The average molecular weight is 420 g/mol. The van der Waals surface area contributed by atoms with Crippen molar-refractivity contribution in [2.45, 2.75) is 31.2 Å². The van der Waals surface area contributed by atoms with E-state index in [2.05, 4.69) is 10.6 Å². The quantitative estimate of drug-likeness (QED) is 0.701. The van der Waals surface area contributed by atoms with Crippen molar-refractivity contribution in [3.63, 3.8) is 0 Å². The van der Waals surface area contributed by atoms with E-state index >= 15 is 0 Å². The molecular formula is C20H25N3O3S2. The molecule has 8 heteroatoms. The fourth-order valence-electron chi connectivity index (χ4n) is 3.08. The Morgan fingerprint density at radius 2 is 1.82 bits per heavy atom. The Labute approximate surface area is 171 Å². The third-order valence-electron chi connectivity index (χ3n) is 4.70. The minimum Gasteiger partial charge on any atom is -0.495 e. The number of hydrogen-bond acceptors (Lipinski definition) is 4. The normalized spacial score (nSPS) is 14.6. The highest BCUT2D eigenvalue weighted by molar-refractivity contribution is 7.89. The Balaban J connectivity index is 1.72. The molecule has 2 N–H and O–H groups in total. The number of methoxy groups -OCH3 is 1. The summed E-state index contributed by atoms with van der Waals surface area (Å²) in [6, 6.07) is 13.0. The number of thiocarbonyl (C=S) groups is 1. The van der Waals surface area contributed by atoms with Crippen molar-refractivity contribution in [3.05, 3.63) is 53.6 Å². The Morgan fingerprint density at radius 1 is 1.14 bits per heavy atom. The van der Waals surface area contributed by atoms with Crippen LogP contribution in [0.2, 0.25) is 0 Å². The van der Waals surface area contributed by atoms with Crippen molar-refractivity contribution in [2.24, 2.45) is 0 Å². The smallest absolute Gasteiger partial charge is 0.243 e. The summed E-state index contributed by atoms with van der Waals surface area (Å²) in [5, 5.41) is 6.59.